The number of hydrogen-bond acceptors (Lipinski definition) is 5. The number of sulfonamides is 1. The van der Waals surface area contributed by atoms with Crippen LogP contribution in [0, 0.1) is 5.92 Å². The fraction of sp³-hybridized carbons (Fsp3) is 0.474. The Labute approximate surface area is 166 Å². The minimum absolute atomic E-state index is 0.121. The number of methoxy groups -OCH3 is 1. The number of carbonyl (C=O) groups is 1. The maximum Gasteiger partial charge on any atom is 0.241 e. The first-order valence-corrected chi connectivity index (χ1v) is 10.6. The van der Waals surface area contributed by atoms with E-state index in [-0.39, 0.29) is 17.4 Å². The summed E-state index contributed by atoms with van der Waals surface area (Å²) < 4.78 is 34.7. The maximum absolute atomic E-state index is 12.8. The van der Waals surface area contributed by atoms with E-state index in [1.54, 1.807) is 50.9 Å². The van der Waals surface area contributed by atoms with Gasteiger partial charge in [-0.3, -0.25) is 4.79 Å². The van der Waals surface area contributed by atoms with Gasteiger partial charge >= 0.3 is 0 Å². The zero-order valence-corrected chi connectivity index (χ0v) is 17.7. The number of ether oxygens (including phenoxy) is 1. The summed E-state index contributed by atoms with van der Waals surface area (Å²) in [7, 11) is -0.486. The molecule has 0 radical (unpaired) electrons. The fourth-order valence-corrected chi connectivity index (χ4v) is 4.30. The Bertz CT molecular complexity index is 908. The Morgan fingerprint density at radius 2 is 1.89 bits per heavy atom. The third-order valence-corrected chi connectivity index (χ3v) is 5.88. The monoisotopic (exact) mass is 408 g/mol. The van der Waals surface area contributed by atoms with Crippen LogP contribution in [0.25, 0.3) is 0 Å². The van der Waals surface area contributed by atoms with Crippen molar-refractivity contribution >= 4 is 15.9 Å². The van der Waals surface area contributed by atoms with Crippen LogP contribution in [0.2, 0.25) is 0 Å². The molecule has 2 N–H and O–H groups in total. The second-order valence-corrected chi connectivity index (χ2v) is 8.50. The van der Waals surface area contributed by atoms with Crippen LogP contribution in [0.5, 0.6) is 5.88 Å². The molecule has 2 aromatic rings. The van der Waals surface area contributed by atoms with Gasteiger partial charge in [-0.05, 0) is 24.5 Å². The molecule has 1 aromatic heterocycles. The molecule has 0 saturated heterocycles. The molecule has 1 heterocycles. The van der Waals surface area contributed by atoms with Crippen LogP contribution in [0.1, 0.15) is 32.0 Å². The topological polar surface area (TPSA) is 102 Å². The predicted molar refractivity (Wildman–Crippen MR) is 106 cm³/mol. The number of nitrogens with one attached hydrogen (secondary N) is 2. The lowest BCUT2D eigenvalue weighted by molar-refractivity contribution is -0.123. The third-order valence-electron chi connectivity index (χ3n) is 4.42. The second-order valence-electron chi connectivity index (χ2n) is 6.79. The van der Waals surface area contributed by atoms with Crippen LogP contribution >= 0.6 is 0 Å². The van der Waals surface area contributed by atoms with Gasteiger partial charge < -0.3 is 10.1 Å². The standard InChI is InChI=1S/C19H28N4O4S/c1-6-16-15(19(27-5)23(4)21-16)12-20-18(24)17(13(2)3)22-28(25,26)14-10-8-7-9-11-14/h7-11,13,17,22H,6,12H2,1-5H3,(H,20,24)/t17-/m0/s1. The third kappa shape index (κ3) is 4.90. The summed E-state index contributed by atoms with van der Waals surface area (Å²) in [6.45, 7) is 5.76. The summed E-state index contributed by atoms with van der Waals surface area (Å²) in [6.07, 6.45) is 0.691. The van der Waals surface area contributed by atoms with Crippen LogP contribution in [-0.4, -0.2) is 37.3 Å². The van der Waals surface area contributed by atoms with E-state index in [0.717, 1.165) is 11.3 Å². The van der Waals surface area contributed by atoms with E-state index < -0.39 is 22.0 Å². The molecular weight excluding hydrogens is 380 g/mol. The molecule has 1 aromatic carbocycles. The normalized spacial score (nSPS) is 12.8. The number of aryl methyl sites for hydroxylation is 2. The molecule has 2 rings (SSSR count). The van der Waals surface area contributed by atoms with Gasteiger partial charge in [0.25, 0.3) is 0 Å². The quantitative estimate of drug-likeness (QED) is 0.656. The average molecular weight is 409 g/mol. The van der Waals surface area contributed by atoms with E-state index in [2.05, 4.69) is 15.1 Å². The highest BCUT2D eigenvalue weighted by Crippen LogP contribution is 2.22. The van der Waals surface area contributed by atoms with Crippen LogP contribution in [0.4, 0.5) is 0 Å². The van der Waals surface area contributed by atoms with Crippen molar-refractivity contribution in [3.05, 3.63) is 41.6 Å². The van der Waals surface area contributed by atoms with Gasteiger partial charge in [0.15, 0.2) is 0 Å². The van der Waals surface area contributed by atoms with Crippen molar-refractivity contribution in [2.45, 2.75) is 44.7 Å². The zero-order chi connectivity index (χ0) is 20.9. The zero-order valence-electron chi connectivity index (χ0n) is 16.9. The van der Waals surface area contributed by atoms with Gasteiger partial charge in [0.2, 0.25) is 21.8 Å². The number of amides is 1. The first-order valence-electron chi connectivity index (χ1n) is 9.15. The Morgan fingerprint density at radius 1 is 1.25 bits per heavy atom. The average Bonchev–Trinajstić information content (AvgIpc) is 2.99. The summed E-state index contributed by atoms with van der Waals surface area (Å²) >= 11 is 0. The van der Waals surface area contributed by atoms with Gasteiger partial charge in [0.05, 0.1) is 29.8 Å². The maximum atomic E-state index is 12.8. The number of carbonyl (C=O) groups excluding carboxylic acids is 1. The van der Waals surface area contributed by atoms with Gasteiger partial charge in [0, 0.05) is 7.05 Å². The molecule has 0 unspecified atom stereocenters. The van der Waals surface area contributed by atoms with Crippen LogP contribution < -0.4 is 14.8 Å². The molecular formula is C19H28N4O4S. The first-order chi connectivity index (χ1) is 13.2. The molecule has 0 fully saturated rings. The van der Waals surface area contributed by atoms with Crippen molar-refractivity contribution in [1.29, 1.82) is 0 Å². The van der Waals surface area contributed by atoms with Crippen molar-refractivity contribution in [2.24, 2.45) is 13.0 Å². The lowest BCUT2D eigenvalue weighted by Gasteiger charge is -2.21. The minimum Gasteiger partial charge on any atom is -0.481 e. The summed E-state index contributed by atoms with van der Waals surface area (Å²) in [4.78, 5) is 12.9. The summed E-state index contributed by atoms with van der Waals surface area (Å²) in [5.74, 6) is -0.0643. The summed E-state index contributed by atoms with van der Waals surface area (Å²) in [5.41, 5.74) is 1.61. The number of aromatic nitrogens is 2. The molecule has 0 saturated carbocycles. The highest BCUT2D eigenvalue weighted by molar-refractivity contribution is 7.89. The molecule has 154 valence electrons. The Hall–Kier alpha value is -2.39. The molecule has 1 amide bonds. The largest absolute Gasteiger partial charge is 0.481 e. The van der Waals surface area contributed by atoms with E-state index in [0.29, 0.717) is 12.3 Å². The van der Waals surface area contributed by atoms with Crippen molar-refractivity contribution in [1.82, 2.24) is 19.8 Å². The van der Waals surface area contributed by atoms with Gasteiger partial charge in [-0.1, -0.05) is 39.0 Å². The number of hydrogen-bond donors (Lipinski definition) is 2. The highest BCUT2D eigenvalue weighted by Gasteiger charge is 2.28. The molecule has 9 heteroatoms. The van der Waals surface area contributed by atoms with E-state index in [4.69, 9.17) is 4.74 Å². The molecule has 8 nitrogen and oxygen atoms in total. The molecule has 0 aliphatic carbocycles. The SMILES string of the molecule is CCc1nn(C)c(OC)c1CNC(=O)[C@@H](NS(=O)(=O)c1ccccc1)C(C)C. The highest BCUT2D eigenvalue weighted by atomic mass is 32.2. The van der Waals surface area contributed by atoms with Gasteiger partial charge in [0.1, 0.15) is 6.04 Å². The Morgan fingerprint density at radius 3 is 2.43 bits per heavy atom. The number of rotatable bonds is 9. The Kier molecular flexibility index (Phi) is 7.20. The molecule has 28 heavy (non-hydrogen) atoms. The molecule has 0 spiro atoms. The fourth-order valence-electron chi connectivity index (χ4n) is 2.94. The van der Waals surface area contributed by atoms with E-state index >= 15 is 0 Å². The summed E-state index contributed by atoms with van der Waals surface area (Å²) in [6, 6.07) is 7.09. The molecule has 0 aliphatic rings. The van der Waals surface area contributed by atoms with E-state index in [1.165, 1.54) is 12.1 Å². The lowest BCUT2D eigenvalue weighted by atomic mass is 10.0. The van der Waals surface area contributed by atoms with E-state index in [1.807, 2.05) is 6.92 Å². The van der Waals surface area contributed by atoms with Crippen LogP contribution in [0.3, 0.4) is 0 Å². The first kappa shape index (κ1) is 21.9. The van der Waals surface area contributed by atoms with Crippen LogP contribution in [-0.2, 0) is 34.8 Å². The molecule has 0 bridgehead atoms. The van der Waals surface area contributed by atoms with Gasteiger partial charge in [-0.25, -0.2) is 13.1 Å². The number of benzene rings is 1. The summed E-state index contributed by atoms with van der Waals surface area (Å²) in [5, 5.41) is 7.20. The smallest absolute Gasteiger partial charge is 0.241 e. The molecule has 1 atom stereocenters. The second kappa shape index (κ2) is 9.20. The van der Waals surface area contributed by atoms with Gasteiger partial charge in [-0.15, -0.1) is 0 Å². The number of nitrogens with zero attached hydrogens (tertiary/aromatic N) is 2. The Balaban J connectivity index is 2.17. The predicted octanol–water partition coefficient (Wildman–Crippen LogP) is 1.61. The van der Waals surface area contributed by atoms with Crippen molar-refractivity contribution in [3.63, 3.8) is 0 Å². The van der Waals surface area contributed by atoms with Crippen molar-refractivity contribution in [2.75, 3.05) is 7.11 Å². The lowest BCUT2D eigenvalue weighted by Crippen LogP contribution is -2.49. The molecule has 0 aliphatic heterocycles. The van der Waals surface area contributed by atoms with Crippen molar-refractivity contribution in [3.8, 4) is 5.88 Å². The minimum atomic E-state index is -3.81. The van der Waals surface area contributed by atoms with Crippen molar-refractivity contribution < 1.29 is 17.9 Å². The van der Waals surface area contributed by atoms with Crippen LogP contribution in [0.15, 0.2) is 35.2 Å². The van der Waals surface area contributed by atoms with Gasteiger partial charge in [-0.2, -0.15) is 9.82 Å². The van der Waals surface area contributed by atoms with E-state index in [9.17, 15) is 13.2 Å².